The van der Waals surface area contributed by atoms with Gasteiger partial charge in [0.15, 0.2) is 11.5 Å². The quantitative estimate of drug-likeness (QED) is 0.628. The van der Waals surface area contributed by atoms with Crippen molar-refractivity contribution in [3.05, 3.63) is 30.1 Å². The normalized spacial score (nSPS) is 18.7. The summed E-state index contributed by atoms with van der Waals surface area (Å²) in [6.07, 6.45) is 6.26. The molecule has 3 aromatic rings. The first-order valence-corrected chi connectivity index (χ1v) is 7.44. The minimum Gasteiger partial charge on any atom is -0.382 e. The van der Waals surface area contributed by atoms with E-state index in [9.17, 15) is 0 Å². The molecule has 0 spiro atoms. The maximum Gasteiger partial charge on any atom is 0.224 e. The third-order valence-corrected chi connectivity index (χ3v) is 4.09. The Kier molecular flexibility index (Phi) is 3.27. The standard InChI is InChI=1S/C14H17N9/c15-11-10-13(22-14(16)20-11)21-12(19-10)9-1-2-23(6-9)5-8-3-17-7-18-4-8/h3-4,7,9H,1-2,5-6H2,(H5,15,16,19,20,21,22). The van der Waals surface area contributed by atoms with Crippen molar-refractivity contribution in [3.8, 4) is 0 Å². The largest absolute Gasteiger partial charge is 0.382 e. The van der Waals surface area contributed by atoms with Gasteiger partial charge >= 0.3 is 0 Å². The van der Waals surface area contributed by atoms with Gasteiger partial charge in [-0.15, -0.1) is 0 Å². The predicted octanol–water partition coefficient (Wildman–Crippen LogP) is 0.297. The average molecular weight is 311 g/mol. The summed E-state index contributed by atoms with van der Waals surface area (Å²) in [4.78, 5) is 26.3. The summed E-state index contributed by atoms with van der Waals surface area (Å²) in [7, 11) is 0. The van der Waals surface area contributed by atoms with Crippen molar-refractivity contribution in [1.82, 2.24) is 34.8 Å². The molecule has 4 rings (SSSR count). The van der Waals surface area contributed by atoms with Gasteiger partial charge in [0.1, 0.15) is 17.7 Å². The number of rotatable bonds is 3. The molecule has 3 aromatic heterocycles. The highest BCUT2D eigenvalue weighted by Crippen LogP contribution is 2.28. The van der Waals surface area contributed by atoms with Crippen LogP contribution in [-0.2, 0) is 6.54 Å². The second kappa shape index (κ2) is 5.43. The lowest BCUT2D eigenvalue weighted by Crippen LogP contribution is -2.20. The molecule has 9 heteroatoms. The Bertz CT molecular complexity index is 829. The number of anilines is 2. The molecule has 0 saturated carbocycles. The third-order valence-electron chi connectivity index (χ3n) is 4.09. The SMILES string of the molecule is Nc1nc(N)c2[nH]c(C3CCN(Cc4cncnc4)C3)nc2n1. The molecule has 0 amide bonds. The number of nitrogens with two attached hydrogens (primary N) is 2. The third kappa shape index (κ3) is 2.66. The molecule has 0 bridgehead atoms. The fourth-order valence-electron chi connectivity index (χ4n) is 3.02. The van der Waals surface area contributed by atoms with Crippen molar-refractivity contribution >= 4 is 22.9 Å². The Morgan fingerprint density at radius 1 is 1.17 bits per heavy atom. The second-order valence-corrected chi connectivity index (χ2v) is 5.76. The van der Waals surface area contributed by atoms with Crippen LogP contribution in [0.5, 0.6) is 0 Å². The van der Waals surface area contributed by atoms with Gasteiger partial charge in [0, 0.05) is 37.0 Å². The van der Waals surface area contributed by atoms with Gasteiger partial charge in [-0.05, 0) is 13.0 Å². The number of nitrogens with one attached hydrogen (secondary N) is 1. The Morgan fingerprint density at radius 2 is 2.00 bits per heavy atom. The zero-order valence-corrected chi connectivity index (χ0v) is 12.5. The summed E-state index contributed by atoms with van der Waals surface area (Å²) in [6, 6.07) is 0. The number of nitrogens with zero attached hydrogens (tertiary/aromatic N) is 6. The van der Waals surface area contributed by atoms with E-state index in [0.717, 1.165) is 37.4 Å². The van der Waals surface area contributed by atoms with Crippen LogP contribution in [-0.4, -0.2) is 47.9 Å². The fraction of sp³-hybridized carbons (Fsp3) is 0.357. The number of fused-ring (bicyclic) bond motifs is 1. The Morgan fingerprint density at radius 3 is 2.83 bits per heavy atom. The number of hydrogen-bond donors (Lipinski definition) is 3. The highest BCUT2D eigenvalue weighted by Gasteiger charge is 2.27. The molecule has 0 aliphatic carbocycles. The average Bonchev–Trinajstić information content (AvgIpc) is 3.15. The van der Waals surface area contributed by atoms with E-state index in [4.69, 9.17) is 11.5 Å². The van der Waals surface area contributed by atoms with E-state index >= 15 is 0 Å². The van der Waals surface area contributed by atoms with Crippen LogP contribution < -0.4 is 11.5 Å². The molecule has 9 nitrogen and oxygen atoms in total. The highest BCUT2D eigenvalue weighted by atomic mass is 15.2. The molecule has 0 radical (unpaired) electrons. The number of nitrogen functional groups attached to an aromatic ring is 2. The number of imidazole rings is 1. The van der Waals surface area contributed by atoms with Gasteiger partial charge in [0.05, 0.1) is 0 Å². The van der Waals surface area contributed by atoms with E-state index in [0.29, 0.717) is 22.9 Å². The van der Waals surface area contributed by atoms with Gasteiger partial charge in [-0.2, -0.15) is 9.97 Å². The minimum atomic E-state index is 0.144. The molecule has 4 heterocycles. The summed E-state index contributed by atoms with van der Waals surface area (Å²) < 4.78 is 0. The van der Waals surface area contributed by atoms with E-state index in [-0.39, 0.29) is 5.95 Å². The predicted molar refractivity (Wildman–Crippen MR) is 85.2 cm³/mol. The van der Waals surface area contributed by atoms with E-state index in [1.807, 2.05) is 12.4 Å². The summed E-state index contributed by atoms with van der Waals surface area (Å²) in [5.74, 6) is 1.68. The van der Waals surface area contributed by atoms with Gasteiger partial charge in [-0.25, -0.2) is 15.0 Å². The lowest BCUT2D eigenvalue weighted by molar-refractivity contribution is 0.325. The second-order valence-electron chi connectivity index (χ2n) is 5.76. The van der Waals surface area contributed by atoms with Crippen molar-refractivity contribution in [3.63, 3.8) is 0 Å². The van der Waals surface area contributed by atoms with E-state index in [2.05, 4.69) is 34.8 Å². The van der Waals surface area contributed by atoms with Gasteiger partial charge in [-0.1, -0.05) is 0 Å². The monoisotopic (exact) mass is 311 g/mol. The van der Waals surface area contributed by atoms with Gasteiger partial charge in [-0.3, -0.25) is 4.90 Å². The van der Waals surface area contributed by atoms with Crippen molar-refractivity contribution in [2.45, 2.75) is 18.9 Å². The summed E-state index contributed by atoms with van der Waals surface area (Å²) >= 11 is 0. The Balaban J connectivity index is 1.52. The van der Waals surface area contributed by atoms with E-state index in [1.54, 1.807) is 6.33 Å². The zero-order valence-electron chi connectivity index (χ0n) is 12.5. The van der Waals surface area contributed by atoms with Crippen molar-refractivity contribution < 1.29 is 0 Å². The molecule has 118 valence electrons. The molecule has 1 aliphatic heterocycles. The molecule has 1 atom stereocenters. The topological polar surface area (TPSA) is 136 Å². The van der Waals surface area contributed by atoms with Gasteiger partial charge in [0.25, 0.3) is 0 Å². The summed E-state index contributed by atoms with van der Waals surface area (Å²) in [5.41, 5.74) is 13.8. The van der Waals surface area contributed by atoms with Crippen LogP contribution in [0.2, 0.25) is 0 Å². The first-order chi connectivity index (χ1) is 11.2. The molecular weight excluding hydrogens is 294 g/mol. The van der Waals surface area contributed by atoms with Gasteiger partial charge < -0.3 is 16.5 Å². The van der Waals surface area contributed by atoms with Crippen molar-refractivity contribution in [2.24, 2.45) is 0 Å². The van der Waals surface area contributed by atoms with Crippen LogP contribution in [0.25, 0.3) is 11.2 Å². The highest BCUT2D eigenvalue weighted by molar-refractivity contribution is 5.82. The molecule has 5 N–H and O–H groups in total. The molecule has 23 heavy (non-hydrogen) atoms. The molecule has 0 aromatic carbocycles. The molecule has 1 unspecified atom stereocenters. The van der Waals surface area contributed by atoms with Crippen LogP contribution in [0.15, 0.2) is 18.7 Å². The van der Waals surface area contributed by atoms with Crippen LogP contribution in [0.1, 0.15) is 23.7 Å². The van der Waals surface area contributed by atoms with E-state index in [1.165, 1.54) is 0 Å². The number of aromatic nitrogens is 6. The fourth-order valence-corrected chi connectivity index (χ4v) is 3.02. The van der Waals surface area contributed by atoms with Crippen LogP contribution in [0.4, 0.5) is 11.8 Å². The van der Waals surface area contributed by atoms with Crippen LogP contribution >= 0.6 is 0 Å². The first-order valence-electron chi connectivity index (χ1n) is 7.44. The maximum atomic E-state index is 5.87. The lowest BCUT2D eigenvalue weighted by Gasteiger charge is -2.14. The van der Waals surface area contributed by atoms with E-state index < -0.39 is 0 Å². The molecular formula is C14H17N9. The Labute approximate surface area is 132 Å². The summed E-state index contributed by atoms with van der Waals surface area (Å²) in [6.45, 7) is 2.75. The number of hydrogen-bond acceptors (Lipinski definition) is 8. The van der Waals surface area contributed by atoms with Crippen LogP contribution in [0.3, 0.4) is 0 Å². The number of H-pyrrole nitrogens is 1. The molecule has 1 saturated heterocycles. The summed E-state index contributed by atoms with van der Waals surface area (Å²) in [5, 5.41) is 0. The number of aromatic amines is 1. The first kappa shape index (κ1) is 13.8. The smallest absolute Gasteiger partial charge is 0.224 e. The molecule has 1 fully saturated rings. The zero-order chi connectivity index (χ0) is 15.8. The molecule has 1 aliphatic rings. The van der Waals surface area contributed by atoms with Gasteiger partial charge in [0.2, 0.25) is 5.95 Å². The Hall–Kier alpha value is -2.81. The maximum absolute atomic E-state index is 5.87. The van der Waals surface area contributed by atoms with Crippen LogP contribution in [0, 0.1) is 0 Å². The van der Waals surface area contributed by atoms with Crippen molar-refractivity contribution in [1.29, 1.82) is 0 Å². The minimum absolute atomic E-state index is 0.144. The van der Waals surface area contributed by atoms with Crippen molar-refractivity contribution in [2.75, 3.05) is 24.6 Å². The lowest BCUT2D eigenvalue weighted by atomic mass is 10.1. The number of likely N-dealkylation sites (tertiary alicyclic amines) is 1.